The number of imidazole rings is 1. The third-order valence-electron chi connectivity index (χ3n) is 6.03. The monoisotopic (exact) mass is 468 g/mol. The summed E-state index contributed by atoms with van der Waals surface area (Å²) in [6, 6.07) is 4.70. The molecule has 0 spiro atoms. The van der Waals surface area contributed by atoms with E-state index >= 15 is 0 Å². The van der Waals surface area contributed by atoms with Crippen molar-refractivity contribution in [3.05, 3.63) is 53.3 Å². The Morgan fingerprint density at radius 2 is 1.88 bits per heavy atom. The van der Waals surface area contributed by atoms with Gasteiger partial charge in [-0.1, -0.05) is 11.6 Å². The minimum absolute atomic E-state index is 0.158. The van der Waals surface area contributed by atoms with Crippen LogP contribution in [0.2, 0.25) is 5.02 Å². The Labute approximate surface area is 194 Å². The van der Waals surface area contributed by atoms with Gasteiger partial charge in [0.2, 0.25) is 0 Å². The molecule has 8 nitrogen and oxygen atoms in total. The third kappa shape index (κ3) is 3.72. The number of rotatable bonds is 2. The average Bonchev–Trinajstić information content (AvgIpc) is 3.13. The Hall–Kier alpha value is -3.46. The number of carboxylic acid groups (broad SMARTS) is 1. The van der Waals surface area contributed by atoms with E-state index in [1.807, 2.05) is 26.8 Å². The second-order valence-electron chi connectivity index (χ2n) is 8.54. The lowest BCUT2D eigenvalue weighted by atomic mass is 10.1. The maximum absolute atomic E-state index is 14.6. The molecule has 0 aliphatic carbocycles. The van der Waals surface area contributed by atoms with Gasteiger partial charge in [-0.3, -0.25) is 4.90 Å². The van der Waals surface area contributed by atoms with Crippen LogP contribution >= 0.6 is 11.6 Å². The number of aromatic nitrogens is 4. The molecular weight excluding hydrogens is 447 g/mol. The normalized spacial score (nSPS) is 18.9. The molecule has 0 radical (unpaired) electrons. The van der Waals surface area contributed by atoms with Crippen molar-refractivity contribution in [3.8, 4) is 11.3 Å². The molecular formula is C23H22ClFN6O2. The number of aryl methyl sites for hydroxylation is 1. The maximum atomic E-state index is 14.6. The van der Waals surface area contributed by atoms with Crippen molar-refractivity contribution in [1.82, 2.24) is 24.3 Å². The van der Waals surface area contributed by atoms with Gasteiger partial charge in [-0.2, -0.15) is 0 Å². The van der Waals surface area contributed by atoms with Gasteiger partial charge in [0.15, 0.2) is 17.1 Å². The Morgan fingerprint density at radius 1 is 1.15 bits per heavy atom. The van der Waals surface area contributed by atoms with E-state index in [-0.39, 0.29) is 17.7 Å². The summed E-state index contributed by atoms with van der Waals surface area (Å²) >= 11 is 6.61. The lowest BCUT2D eigenvalue weighted by Crippen LogP contribution is -2.58. The number of nitrogens with zero attached hydrogens (tertiary/aromatic N) is 6. The summed E-state index contributed by atoms with van der Waals surface area (Å²) in [4.78, 5) is 28.4. The molecule has 0 unspecified atom stereocenters. The largest absolute Gasteiger partial charge is 0.465 e. The van der Waals surface area contributed by atoms with Crippen LogP contribution in [0.4, 0.5) is 14.9 Å². The van der Waals surface area contributed by atoms with Gasteiger partial charge in [-0.25, -0.2) is 24.1 Å². The number of fused-ring (bicyclic) bond motifs is 2. The van der Waals surface area contributed by atoms with Crippen LogP contribution in [0.15, 0.2) is 36.8 Å². The van der Waals surface area contributed by atoms with E-state index < -0.39 is 11.9 Å². The zero-order chi connectivity index (χ0) is 23.4. The van der Waals surface area contributed by atoms with Crippen molar-refractivity contribution >= 4 is 40.1 Å². The van der Waals surface area contributed by atoms with Crippen LogP contribution in [0.5, 0.6) is 0 Å². The number of hydrogen-bond donors (Lipinski definition) is 1. The number of anilines is 1. The molecule has 1 aliphatic heterocycles. The maximum Gasteiger partial charge on any atom is 0.407 e. The molecule has 5 rings (SSSR count). The summed E-state index contributed by atoms with van der Waals surface area (Å²) in [6.07, 6.45) is 4.32. The first kappa shape index (κ1) is 21.4. The zero-order valence-corrected chi connectivity index (χ0v) is 19.1. The molecule has 1 amide bonds. The van der Waals surface area contributed by atoms with E-state index in [4.69, 9.17) is 11.6 Å². The Kier molecular flexibility index (Phi) is 5.08. The summed E-state index contributed by atoms with van der Waals surface area (Å²) in [5.41, 5.74) is 3.37. The summed E-state index contributed by atoms with van der Waals surface area (Å²) in [5.74, 6) is -0.439. The Bertz CT molecular complexity index is 1390. The number of piperazine rings is 1. The minimum atomic E-state index is -0.911. The number of hydrogen-bond acceptors (Lipinski definition) is 5. The van der Waals surface area contributed by atoms with Gasteiger partial charge in [0.05, 0.1) is 40.4 Å². The fraction of sp³-hybridized carbons (Fsp3) is 0.304. The molecule has 0 bridgehead atoms. The second-order valence-corrected chi connectivity index (χ2v) is 8.94. The highest BCUT2D eigenvalue weighted by atomic mass is 35.5. The zero-order valence-electron chi connectivity index (χ0n) is 18.3. The Morgan fingerprint density at radius 3 is 2.58 bits per heavy atom. The van der Waals surface area contributed by atoms with Gasteiger partial charge in [-0.15, -0.1) is 0 Å². The summed E-state index contributed by atoms with van der Waals surface area (Å²) < 4.78 is 16.2. The molecule has 0 saturated carbocycles. The van der Waals surface area contributed by atoms with Gasteiger partial charge >= 0.3 is 6.09 Å². The quantitative estimate of drug-likeness (QED) is 0.462. The molecule has 33 heavy (non-hydrogen) atoms. The molecule has 2 atom stereocenters. The molecule has 0 aromatic carbocycles. The van der Waals surface area contributed by atoms with E-state index in [1.165, 1.54) is 11.0 Å². The highest BCUT2D eigenvalue weighted by molar-refractivity contribution is 6.35. The molecule has 4 aromatic rings. The van der Waals surface area contributed by atoms with Crippen LogP contribution in [0.25, 0.3) is 27.9 Å². The van der Waals surface area contributed by atoms with Crippen LogP contribution in [0.3, 0.4) is 0 Å². The predicted molar refractivity (Wildman–Crippen MR) is 124 cm³/mol. The fourth-order valence-electron chi connectivity index (χ4n) is 4.61. The standard InChI is InChI=1S/C23H22ClFN6O2/c1-12-8-30-11-15(4-19(25)22(30)27-12)20-6-18(24)17-5-16(7-26-21(17)28-20)29-9-13(2)31(23(32)33)14(3)10-29/h4-8,11,13-14H,9-10H2,1-3H3,(H,32,33)/t13-,14+. The van der Waals surface area contributed by atoms with Crippen molar-refractivity contribution in [2.45, 2.75) is 32.9 Å². The topological polar surface area (TPSA) is 86.9 Å². The number of halogens is 2. The molecule has 1 aliphatic rings. The first-order valence-electron chi connectivity index (χ1n) is 10.6. The summed E-state index contributed by atoms with van der Waals surface area (Å²) in [6.45, 7) is 6.70. The van der Waals surface area contributed by atoms with Crippen molar-refractivity contribution in [1.29, 1.82) is 0 Å². The van der Waals surface area contributed by atoms with Gasteiger partial charge in [-0.05, 0) is 39.0 Å². The van der Waals surface area contributed by atoms with Crippen molar-refractivity contribution in [3.63, 3.8) is 0 Å². The van der Waals surface area contributed by atoms with E-state index in [1.54, 1.807) is 29.1 Å². The van der Waals surface area contributed by atoms with E-state index in [9.17, 15) is 14.3 Å². The lowest BCUT2D eigenvalue weighted by molar-refractivity contribution is 0.0982. The number of pyridine rings is 3. The van der Waals surface area contributed by atoms with Gasteiger partial charge in [0.25, 0.3) is 0 Å². The van der Waals surface area contributed by atoms with Crippen LogP contribution in [0, 0.1) is 12.7 Å². The minimum Gasteiger partial charge on any atom is -0.465 e. The van der Waals surface area contributed by atoms with E-state index in [2.05, 4.69) is 19.9 Å². The average molecular weight is 469 g/mol. The van der Waals surface area contributed by atoms with E-state index in [0.29, 0.717) is 40.4 Å². The molecule has 170 valence electrons. The predicted octanol–water partition coefficient (Wildman–Crippen LogP) is 4.62. The van der Waals surface area contributed by atoms with Crippen molar-refractivity contribution in [2.75, 3.05) is 18.0 Å². The highest BCUT2D eigenvalue weighted by Crippen LogP contribution is 2.31. The number of amides is 1. The lowest BCUT2D eigenvalue weighted by Gasteiger charge is -2.43. The fourth-order valence-corrected chi connectivity index (χ4v) is 4.85. The van der Waals surface area contributed by atoms with Gasteiger partial charge in [0, 0.05) is 36.4 Å². The van der Waals surface area contributed by atoms with Gasteiger partial charge in [0.1, 0.15) is 0 Å². The third-order valence-corrected chi connectivity index (χ3v) is 6.34. The smallest absolute Gasteiger partial charge is 0.407 e. The first-order valence-corrected chi connectivity index (χ1v) is 11.0. The van der Waals surface area contributed by atoms with Crippen LogP contribution in [-0.2, 0) is 0 Å². The SMILES string of the molecule is Cc1cn2cc(-c3cc(Cl)c4cc(N5C[C@@H](C)N(C(=O)O)[C@@H](C)C5)cnc4n3)cc(F)c2n1. The number of carbonyl (C=O) groups is 1. The van der Waals surface area contributed by atoms with Crippen LogP contribution < -0.4 is 4.90 Å². The van der Waals surface area contributed by atoms with Gasteiger partial charge < -0.3 is 14.4 Å². The summed E-state index contributed by atoms with van der Waals surface area (Å²) in [7, 11) is 0. The molecule has 5 heterocycles. The molecule has 1 fully saturated rings. The molecule has 10 heteroatoms. The van der Waals surface area contributed by atoms with E-state index in [0.717, 1.165) is 11.4 Å². The first-order chi connectivity index (χ1) is 15.7. The summed E-state index contributed by atoms with van der Waals surface area (Å²) in [5, 5.41) is 10.6. The van der Waals surface area contributed by atoms with Crippen molar-refractivity contribution in [2.24, 2.45) is 0 Å². The molecule has 1 saturated heterocycles. The molecule has 1 N–H and O–H groups in total. The van der Waals surface area contributed by atoms with Crippen LogP contribution in [-0.4, -0.2) is 60.6 Å². The van der Waals surface area contributed by atoms with Crippen molar-refractivity contribution < 1.29 is 14.3 Å². The molecule has 4 aromatic heterocycles. The highest BCUT2D eigenvalue weighted by Gasteiger charge is 2.33. The van der Waals surface area contributed by atoms with Crippen LogP contribution in [0.1, 0.15) is 19.5 Å². The Balaban J connectivity index is 1.51. The second kappa shape index (κ2) is 7.84.